The van der Waals surface area contributed by atoms with Crippen LogP contribution in [0.25, 0.3) is 0 Å². The standard InChI is InChI=1S/C15H21N5O/c1-5-13-6-11(7-14(16-3)18-13)15(21)17-8-12-9-20(4)19-10(12)2/h6-7,9H,5,8H2,1-4H3,(H,16,18)(H,17,21). The maximum Gasteiger partial charge on any atom is 0.251 e. The van der Waals surface area contributed by atoms with E-state index in [0.717, 1.165) is 23.4 Å². The van der Waals surface area contributed by atoms with E-state index in [2.05, 4.69) is 20.7 Å². The van der Waals surface area contributed by atoms with Crippen molar-refractivity contribution in [3.05, 3.63) is 40.8 Å². The van der Waals surface area contributed by atoms with E-state index >= 15 is 0 Å². The zero-order chi connectivity index (χ0) is 15.4. The summed E-state index contributed by atoms with van der Waals surface area (Å²) in [5.41, 5.74) is 3.46. The number of carbonyl (C=O) groups is 1. The molecule has 2 N–H and O–H groups in total. The molecule has 0 aliphatic rings. The smallest absolute Gasteiger partial charge is 0.251 e. The van der Waals surface area contributed by atoms with Crippen molar-refractivity contribution in [2.45, 2.75) is 26.8 Å². The van der Waals surface area contributed by atoms with E-state index in [1.807, 2.05) is 33.2 Å². The Labute approximate surface area is 124 Å². The predicted molar refractivity (Wildman–Crippen MR) is 82.3 cm³/mol. The molecule has 21 heavy (non-hydrogen) atoms. The average molecular weight is 287 g/mol. The second-order valence-corrected chi connectivity index (χ2v) is 4.93. The predicted octanol–water partition coefficient (Wildman–Crippen LogP) is 1.66. The molecule has 1 amide bonds. The number of amides is 1. The summed E-state index contributed by atoms with van der Waals surface area (Å²) in [6.45, 7) is 4.42. The molecule has 0 spiro atoms. The molecule has 0 bridgehead atoms. The highest BCUT2D eigenvalue weighted by molar-refractivity contribution is 5.95. The molecule has 2 rings (SSSR count). The largest absolute Gasteiger partial charge is 0.373 e. The molecule has 2 aromatic heterocycles. The van der Waals surface area contributed by atoms with Crippen LogP contribution in [0.1, 0.15) is 34.2 Å². The number of nitrogens with zero attached hydrogens (tertiary/aromatic N) is 3. The van der Waals surface area contributed by atoms with E-state index in [9.17, 15) is 4.79 Å². The molecule has 0 aliphatic heterocycles. The number of anilines is 1. The third kappa shape index (κ3) is 3.59. The summed E-state index contributed by atoms with van der Waals surface area (Å²) < 4.78 is 1.75. The first-order chi connectivity index (χ1) is 10.0. The summed E-state index contributed by atoms with van der Waals surface area (Å²) in [4.78, 5) is 16.7. The van der Waals surface area contributed by atoms with Gasteiger partial charge < -0.3 is 10.6 Å². The minimum absolute atomic E-state index is 0.105. The maximum absolute atomic E-state index is 12.3. The number of hydrogen-bond acceptors (Lipinski definition) is 4. The summed E-state index contributed by atoms with van der Waals surface area (Å²) >= 11 is 0. The second kappa shape index (κ2) is 6.39. The van der Waals surface area contributed by atoms with Gasteiger partial charge in [-0.05, 0) is 25.5 Å². The molecule has 0 aliphatic carbocycles. The van der Waals surface area contributed by atoms with Crippen molar-refractivity contribution < 1.29 is 4.79 Å². The summed E-state index contributed by atoms with van der Waals surface area (Å²) in [5.74, 6) is 0.601. The Kier molecular flexibility index (Phi) is 4.57. The van der Waals surface area contributed by atoms with Gasteiger partial charge in [0.05, 0.1) is 5.69 Å². The van der Waals surface area contributed by atoms with Crippen molar-refractivity contribution in [3.63, 3.8) is 0 Å². The number of aryl methyl sites for hydroxylation is 3. The van der Waals surface area contributed by atoms with Gasteiger partial charge in [-0.1, -0.05) is 6.92 Å². The summed E-state index contributed by atoms with van der Waals surface area (Å²) in [5, 5.41) is 10.2. The van der Waals surface area contributed by atoms with Gasteiger partial charge in [0.25, 0.3) is 5.91 Å². The van der Waals surface area contributed by atoms with E-state index in [1.165, 1.54) is 0 Å². The van der Waals surface area contributed by atoms with Crippen molar-refractivity contribution in [2.75, 3.05) is 12.4 Å². The van der Waals surface area contributed by atoms with Crippen LogP contribution in [0.4, 0.5) is 5.82 Å². The highest BCUT2D eigenvalue weighted by Gasteiger charge is 2.10. The number of nitrogens with one attached hydrogen (secondary N) is 2. The van der Waals surface area contributed by atoms with Crippen LogP contribution in [0.15, 0.2) is 18.3 Å². The Hall–Kier alpha value is -2.37. The fraction of sp³-hybridized carbons (Fsp3) is 0.400. The van der Waals surface area contributed by atoms with Crippen LogP contribution in [0.2, 0.25) is 0 Å². The third-order valence-electron chi connectivity index (χ3n) is 3.31. The molecule has 112 valence electrons. The number of carbonyl (C=O) groups excluding carboxylic acids is 1. The van der Waals surface area contributed by atoms with Gasteiger partial charge >= 0.3 is 0 Å². The SMILES string of the molecule is CCc1cc(C(=O)NCc2cn(C)nc2C)cc(NC)n1. The summed E-state index contributed by atoms with van der Waals surface area (Å²) in [7, 11) is 3.66. The van der Waals surface area contributed by atoms with Crippen LogP contribution in [0.5, 0.6) is 0 Å². The molecular weight excluding hydrogens is 266 g/mol. The minimum Gasteiger partial charge on any atom is -0.373 e. The van der Waals surface area contributed by atoms with Crippen LogP contribution >= 0.6 is 0 Å². The van der Waals surface area contributed by atoms with E-state index < -0.39 is 0 Å². The minimum atomic E-state index is -0.105. The molecule has 6 nitrogen and oxygen atoms in total. The van der Waals surface area contributed by atoms with Crippen LogP contribution in [0.3, 0.4) is 0 Å². The van der Waals surface area contributed by atoms with Crippen molar-refractivity contribution in [1.29, 1.82) is 0 Å². The van der Waals surface area contributed by atoms with Gasteiger partial charge in [-0.3, -0.25) is 9.48 Å². The second-order valence-electron chi connectivity index (χ2n) is 4.93. The normalized spacial score (nSPS) is 10.5. The van der Waals surface area contributed by atoms with E-state index in [0.29, 0.717) is 17.9 Å². The van der Waals surface area contributed by atoms with Crippen LogP contribution in [-0.4, -0.2) is 27.7 Å². The average Bonchev–Trinajstić information content (AvgIpc) is 2.81. The van der Waals surface area contributed by atoms with Gasteiger partial charge in [-0.2, -0.15) is 5.10 Å². The monoisotopic (exact) mass is 287 g/mol. The van der Waals surface area contributed by atoms with Crippen molar-refractivity contribution in [3.8, 4) is 0 Å². The van der Waals surface area contributed by atoms with Gasteiger partial charge in [0.15, 0.2) is 0 Å². The van der Waals surface area contributed by atoms with Gasteiger partial charge in [0.2, 0.25) is 0 Å². The molecule has 0 fully saturated rings. The number of rotatable bonds is 5. The van der Waals surface area contributed by atoms with Crippen molar-refractivity contribution in [1.82, 2.24) is 20.1 Å². The first kappa shape index (κ1) is 15.0. The Bertz CT molecular complexity index is 625. The number of hydrogen-bond donors (Lipinski definition) is 2. The lowest BCUT2D eigenvalue weighted by atomic mass is 10.1. The quantitative estimate of drug-likeness (QED) is 0.877. The lowest BCUT2D eigenvalue weighted by Gasteiger charge is -2.08. The molecule has 2 heterocycles. The van der Waals surface area contributed by atoms with E-state index in [-0.39, 0.29) is 5.91 Å². The summed E-state index contributed by atoms with van der Waals surface area (Å²) in [6.07, 6.45) is 2.70. The first-order valence-electron chi connectivity index (χ1n) is 6.99. The van der Waals surface area contributed by atoms with Crippen molar-refractivity contribution >= 4 is 11.7 Å². The highest BCUT2D eigenvalue weighted by atomic mass is 16.1. The summed E-state index contributed by atoms with van der Waals surface area (Å²) in [6, 6.07) is 3.58. The van der Waals surface area contributed by atoms with Gasteiger partial charge in [-0.25, -0.2) is 4.98 Å². The lowest BCUT2D eigenvalue weighted by molar-refractivity contribution is 0.0950. The first-order valence-corrected chi connectivity index (χ1v) is 6.99. The molecule has 0 unspecified atom stereocenters. The van der Waals surface area contributed by atoms with Crippen LogP contribution in [-0.2, 0) is 20.0 Å². The maximum atomic E-state index is 12.3. The molecule has 0 atom stereocenters. The molecule has 0 saturated carbocycles. The van der Waals surface area contributed by atoms with Gasteiger partial charge in [-0.15, -0.1) is 0 Å². The highest BCUT2D eigenvalue weighted by Crippen LogP contribution is 2.11. The third-order valence-corrected chi connectivity index (χ3v) is 3.31. The van der Waals surface area contributed by atoms with Gasteiger partial charge in [0, 0.05) is 43.7 Å². The number of aromatic nitrogens is 3. The van der Waals surface area contributed by atoms with Gasteiger partial charge in [0.1, 0.15) is 5.82 Å². The van der Waals surface area contributed by atoms with Crippen molar-refractivity contribution in [2.24, 2.45) is 7.05 Å². The molecule has 0 radical (unpaired) electrons. The fourth-order valence-electron chi connectivity index (χ4n) is 2.13. The Morgan fingerprint density at radius 3 is 2.71 bits per heavy atom. The zero-order valence-corrected chi connectivity index (χ0v) is 12.9. The fourth-order valence-corrected chi connectivity index (χ4v) is 2.13. The molecule has 0 aromatic carbocycles. The number of pyridine rings is 1. The Morgan fingerprint density at radius 2 is 2.14 bits per heavy atom. The Balaban J connectivity index is 2.11. The lowest BCUT2D eigenvalue weighted by Crippen LogP contribution is -2.23. The Morgan fingerprint density at radius 1 is 1.38 bits per heavy atom. The molecule has 6 heteroatoms. The zero-order valence-electron chi connectivity index (χ0n) is 12.9. The molecular formula is C15H21N5O. The van der Waals surface area contributed by atoms with E-state index in [1.54, 1.807) is 17.8 Å². The van der Waals surface area contributed by atoms with E-state index in [4.69, 9.17) is 0 Å². The molecule has 0 saturated heterocycles. The van der Waals surface area contributed by atoms with Crippen LogP contribution < -0.4 is 10.6 Å². The topological polar surface area (TPSA) is 71.8 Å². The van der Waals surface area contributed by atoms with Crippen LogP contribution in [0, 0.1) is 6.92 Å². The molecule has 2 aromatic rings.